The van der Waals surface area contributed by atoms with E-state index in [0.717, 1.165) is 11.3 Å². The lowest BCUT2D eigenvalue weighted by molar-refractivity contribution is -0.142. The van der Waals surface area contributed by atoms with Gasteiger partial charge in [-0.15, -0.1) is 0 Å². The standard InChI is InChI=1S/C9H14N2O2/c1-4-13-9(12)5-8-7(2)6-11(3)10-8/h6H,4-5H2,1-3H3. The number of hydrogen-bond donors (Lipinski definition) is 0. The van der Waals surface area contributed by atoms with Crippen molar-refractivity contribution < 1.29 is 9.53 Å². The van der Waals surface area contributed by atoms with Crippen LogP contribution in [0.3, 0.4) is 0 Å². The van der Waals surface area contributed by atoms with E-state index < -0.39 is 0 Å². The number of rotatable bonds is 3. The minimum atomic E-state index is -0.218. The molecular weight excluding hydrogens is 168 g/mol. The van der Waals surface area contributed by atoms with E-state index in [0.29, 0.717) is 6.61 Å². The molecule has 0 aliphatic carbocycles. The van der Waals surface area contributed by atoms with Crippen LogP contribution in [0.25, 0.3) is 0 Å². The molecule has 1 rings (SSSR count). The molecule has 72 valence electrons. The first kappa shape index (κ1) is 9.77. The summed E-state index contributed by atoms with van der Waals surface area (Å²) in [6.07, 6.45) is 2.15. The maximum absolute atomic E-state index is 11.1. The average molecular weight is 182 g/mol. The fourth-order valence-corrected chi connectivity index (χ4v) is 1.18. The molecule has 1 heterocycles. The molecule has 0 aliphatic rings. The van der Waals surface area contributed by atoms with Gasteiger partial charge in [0.15, 0.2) is 0 Å². The third-order valence-electron chi connectivity index (χ3n) is 1.73. The van der Waals surface area contributed by atoms with Gasteiger partial charge in [0.05, 0.1) is 18.7 Å². The molecule has 0 aliphatic heterocycles. The van der Waals surface area contributed by atoms with Crippen LogP contribution >= 0.6 is 0 Å². The maximum atomic E-state index is 11.1. The van der Waals surface area contributed by atoms with Gasteiger partial charge >= 0.3 is 5.97 Å². The van der Waals surface area contributed by atoms with Crippen molar-refractivity contribution in [3.8, 4) is 0 Å². The summed E-state index contributed by atoms with van der Waals surface area (Å²) < 4.78 is 6.52. The Morgan fingerprint density at radius 2 is 2.38 bits per heavy atom. The molecule has 0 radical (unpaired) electrons. The van der Waals surface area contributed by atoms with Gasteiger partial charge in [-0.3, -0.25) is 9.48 Å². The largest absolute Gasteiger partial charge is 0.466 e. The zero-order chi connectivity index (χ0) is 9.84. The molecule has 1 aromatic rings. The Kier molecular flexibility index (Phi) is 3.06. The number of aromatic nitrogens is 2. The molecule has 0 saturated heterocycles. The molecule has 0 spiro atoms. The number of hydrogen-bond acceptors (Lipinski definition) is 3. The van der Waals surface area contributed by atoms with E-state index in [1.807, 2.05) is 20.2 Å². The van der Waals surface area contributed by atoms with Crippen LogP contribution in [0.4, 0.5) is 0 Å². The van der Waals surface area contributed by atoms with E-state index in [2.05, 4.69) is 5.10 Å². The molecule has 0 fully saturated rings. The quantitative estimate of drug-likeness (QED) is 0.650. The summed E-state index contributed by atoms with van der Waals surface area (Å²) in [5.41, 5.74) is 1.82. The van der Waals surface area contributed by atoms with Crippen molar-refractivity contribution in [3.63, 3.8) is 0 Å². The predicted molar refractivity (Wildman–Crippen MR) is 48.3 cm³/mol. The first-order valence-electron chi connectivity index (χ1n) is 4.28. The molecule has 0 saturated carbocycles. The van der Waals surface area contributed by atoms with Crippen molar-refractivity contribution in [1.82, 2.24) is 9.78 Å². The Balaban J connectivity index is 2.63. The Hall–Kier alpha value is -1.32. The second-order valence-electron chi connectivity index (χ2n) is 2.91. The van der Waals surface area contributed by atoms with Gasteiger partial charge in [-0.2, -0.15) is 5.10 Å². The lowest BCUT2D eigenvalue weighted by Crippen LogP contribution is -2.08. The predicted octanol–water partition coefficient (Wildman–Crippen LogP) is 0.834. The highest BCUT2D eigenvalue weighted by Gasteiger charge is 2.09. The summed E-state index contributed by atoms with van der Waals surface area (Å²) in [5.74, 6) is -0.218. The van der Waals surface area contributed by atoms with Gasteiger partial charge in [0.25, 0.3) is 0 Å². The van der Waals surface area contributed by atoms with Crippen LogP contribution in [0.5, 0.6) is 0 Å². The van der Waals surface area contributed by atoms with Crippen molar-refractivity contribution in [1.29, 1.82) is 0 Å². The van der Waals surface area contributed by atoms with E-state index in [9.17, 15) is 4.79 Å². The molecular formula is C9H14N2O2. The molecule has 0 aromatic carbocycles. The number of esters is 1. The number of aryl methyl sites for hydroxylation is 2. The maximum Gasteiger partial charge on any atom is 0.311 e. The van der Waals surface area contributed by atoms with Crippen LogP contribution in [0.15, 0.2) is 6.20 Å². The highest BCUT2D eigenvalue weighted by molar-refractivity contribution is 5.72. The van der Waals surface area contributed by atoms with Crippen LogP contribution in [-0.4, -0.2) is 22.4 Å². The van der Waals surface area contributed by atoms with Crippen LogP contribution in [0.1, 0.15) is 18.2 Å². The van der Waals surface area contributed by atoms with Gasteiger partial charge in [0, 0.05) is 13.2 Å². The van der Waals surface area contributed by atoms with Crippen LogP contribution < -0.4 is 0 Å². The topological polar surface area (TPSA) is 44.1 Å². The Morgan fingerprint density at radius 3 is 2.85 bits per heavy atom. The molecule has 0 amide bonds. The monoisotopic (exact) mass is 182 g/mol. The normalized spacial score (nSPS) is 10.1. The molecule has 0 atom stereocenters. The van der Waals surface area contributed by atoms with Crippen molar-refractivity contribution in [3.05, 3.63) is 17.5 Å². The summed E-state index contributed by atoms with van der Waals surface area (Å²) in [5, 5.41) is 4.15. The lowest BCUT2D eigenvalue weighted by Gasteiger charge is -1.99. The smallest absolute Gasteiger partial charge is 0.311 e. The van der Waals surface area contributed by atoms with Crippen molar-refractivity contribution >= 4 is 5.97 Å². The first-order chi connectivity index (χ1) is 6.13. The van der Waals surface area contributed by atoms with E-state index in [1.54, 1.807) is 11.6 Å². The number of carbonyl (C=O) groups is 1. The van der Waals surface area contributed by atoms with Gasteiger partial charge < -0.3 is 4.74 Å². The molecule has 0 bridgehead atoms. The molecule has 13 heavy (non-hydrogen) atoms. The van der Waals surface area contributed by atoms with Crippen molar-refractivity contribution in [2.75, 3.05) is 6.61 Å². The van der Waals surface area contributed by atoms with Crippen LogP contribution in [-0.2, 0) is 23.0 Å². The molecule has 4 nitrogen and oxygen atoms in total. The average Bonchev–Trinajstić information content (AvgIpc) is 2.30. The third-order valence-corrected chi connectivity index (χ3v) is 1.73. The number of nitrogens with zero attached hydrogens (tertiary/aromatic N) is 2. The molecule has 1 aromatic heterocycles. The van der Waals surface area contributed by atoms with Gasteiger partial charge in [-0.25, -0.2) is 0 Å². The minimum Gasteiger partial charge on any atom is -0.466 e. The molecule has 0 unspecified atom stereocenters. The van der Waals surface area contributed by atoms with Gasteiger partial charge in [-0.1, -0.05) is 0 Å². The molecule has 4 heteroatoms. The zero-order valence-electron chi connectivity index (χ0n) is 8.20. The molecule has 0 N–H and O–H groups in total. The van der Waals surface area contributed by atoms with E-state index >= 15 is 0 Å². The van der Waals surface area contributed by atoms with Crippen molar-refractivity contribution in [2.45, 2.75) is 20.3 Å². The zero-order valence-corrected chi connectivity index (χ0v) is 8.20. The Morgan fingerprint density at radius 1 is 1.69 bits per heavy atom. The fraction of sp³-hybridized carbons (Fsp3) is 0.556. The highest BCUT2D eigenvalue weighted by atomic mass is 16.5. The summed E-state index contributed by atoms with van der Waals surface area (Å²) in [4.78, 5) is 11.1. The van der Waals surface area contributed by atoms with Crippen LogP contribution in [0, 0.1) is 6.92 Å². The number of carbonyl (C=O) groups excluding carboxylic acids is 1. The van der Waals surface area contributed by atoms with E-state index in [-0.39, 0.29) is 12.4 Å². The van der Waals surface area contributed by atoms with Crippen LogP contribution in [0.2, 0.25) is 0 Å². The third kappa shape index (κ3) is 2.57. The fourth-order valence-electron chi connectivity index (χ4n) is 1.18. The Labute approximate surface area is 77.5 Å². The minimum absolute atomic E-state index is 0.218. The summed E-state index contributed by atoms with van der Waals surface area (Å²) >= 11 is 0. The summed E-state index contributed by atoms with van der Waals surface area (Å²) in [6.45, 7) is 4.15. The first-order valence-corrected chi connectivity index (χ1v) is 4.28. The summed E-state index contributed by atoms with van der Waals surface area (Å²) in [6, 6.07) is 0. The highest BCUT2D eigenvalue weighted by Crippen LogP contribution is 2.05. The SMILES string of the molecule is CCOC(=O)Cc1nn(C)cc1C. The van der Waals surface area contributed by atoms with Crippen molar-refractivity contribution in [2.24, 2.45) is 7.05 Å². The van der Waals surface area contributed by atoms with E-state index in [4.69, 9.17) is 4.74 Å². The number of ether oxygens (including phenoxy) is 1. The second kappa shape index (κ2) is 4.07. The lowest BCUT2D eigenvalue weighted by atomic mass is 10.2. The second-order valence-corrected chi connectivity index (χ2v) is 2.91. The van der Waals surface area contributed by atoms with Gasteiger partial charge in [-0.05, 0) is 19.4 Å². The van der Waals surface area contributed by atoms with Gasteiger partial charge in [0.2, 0.25) is 0 Å². The van der Waals surface area contributed by atoms with Gasteiger partial charge in [0.1, 0.15) is 0 Å². The summed E-state index contributed by atoms with van der Waals surface area (Å²) in [7, 11) is 1.83. The van der Waals surface area contributed by atoms with E-state index in [1.165, 1.54) is 0 Å². The Bertz CT molecular complexity index is 305.